The molecule has 1 aromatic heterocycles. The van der Waals surface area contributed by atoms with Crippen LogP contribution in [0.1, 0.15) is 34.4 Å². The van der Waals surface area contributed by atoms with Crippen molar-refractivity contribution in [2.45, 2.75) is 18.1 Å². The van der Waals surface area contributed by atoms with Crippen LogP contribution < -0.4 is 0 Å². The monoisotopic (exact) mass is 212 g/mol. The molecule has 1 unspecified atom stereocenters. The van der Waals surface area contributed by atoms with Gasteiger partial charge >= 0.3 is 5.97 Å². The standard InChI is InChI=1S/C9H12N2O2S/c1-13-9(12)6-5-10-8(11-6)7-3-2-4-14-7/h5,7H,2-4H2,1H3,(H,10,11). The van der Waals surface area contributed by atoms with Crippen LogP contribution in [0.15, 0.2) is 6.20 Å². The molecule has 4 nitrogen and oxygen atoms in total. The van der Waals surface area contributed by atoms with Crippen LogP contribution in [0.25, 0.3) is 0 Å². The molecule has 1 fully saturated rings. The first-order chi connectivity index (χ1) is 6.81. The highest BCUT2D eigenvalue weighted by Gasteiger charge is 2.21. The Bertz CT molecular complexity index is 331. The van der Waals surface area contributed by atoms with Gasteiger partial charge in [-0.1, -0.05) is 0 Å². The fourth-order valence-electron chi connectivity index (χ4n) is 1.51. The molecule has 14 heavy (non-hydrogen) atoms. The number of aromatic amines is 1. The van der Waals surface area contributed by atoms with Crippen molar-refractivity contribution in [3.8, 4) is 0 Å². The van der Waals surface area contributed by atoms with Crippen LogP contribution in [-0.2, 0) is 4.74 Å². The number of rotatable bonds is 2. The molecular weight excluding hydrogens is 200 g/mol. The molecule has 0 amide bonds. The molecule has 2 rings (SSSR count). The number of hydrogen-bond acceptors (Lipinski definition) is 4. The van der Waals surface area contributed by atoms with Gasteiger partial charge < -0.3 is 9.72 Å². The number of carbonyl (C=O) groups excluding carboxylic acids is 1. The third kappa shape index (κ3) is 1.77. The van der Waals surface area contributed by atoms with Gasteiger partial charge in [-0.15, -0.1) is 0 Å². The predicted octanol–water partition coefficient (Wildman–Crippen LogP) is 1.76. The highest BCUT2D eigenvalue weighted by Crippen LogP contribution is 2.38. The number of imidazole rings is 1. The lowest BCUT2D eigenvalue weighted by atomic mass is 10.2. The molecule has 0 radical (unpaired) electrons. The number of esters is 1. The summed E-state index contributed by atoms with van der Waals surface area (Å²) in [7, 11) is 1.37. The number of nitrogens with zero attached hydrogens (tertiary/aromatic N) is 1. The maximum absolute atomic E-state index is 11.1. The normalized spacial score (nSPS) is 21.1. The molecule has 0 saturated carbocycles. The molecule has 0 aromatic carbocycles. The molecule has 1 aliphatic heterocycles. The minimum Gasteiger partial charge on any atom is -0.464 e. The molecule has 0 spiro atoms. The molecule has 0 aliphatic carbocycles. The number of H-pyrrole nitrogens is 1. The highest BCUT2D eigenvalue weighted by atomic mass is 32.2. The van der Waals surface area contributed by atoms with Crippen LogP contribution in [0.5, 0.6) is 0 Å². The van der Waals surface area contributed by atoms with Gasteiger partial charge in [0, 0.05) is 0 Å². The maximum atomic E-state index is 11.1. The zero-order valence-corrected chi connectivity index (χ0v) is 8.76. The molecule has 1 aliphatic rings. The van der Waals surface area contributed by atoms with Gasteiger partial charge in [-0.2, -0.15) is 11.8 Å². The molecule has 1 atom stereocenters. The molecule has 1 aromatic rings. The lowest BCUT2D eigenvalue weighted by molar-refractivity contribution is 0.0594. The van der Waals surface area contributed by atoms with E-state index in [0.717, 1.165) is 12.2 Å². The number of thioether (sulfide) groups is 1. The SMILES string of the molecule is COC(=O)c1cnc(C2CCCS2)[nH]1. The number of hydrogen-bond donors (Lipinski definition) is 1. The van der Waals surface area contributed by atoms with Crippen molar-refractivity contribution >= 4 is 17.7 Å². The summed E-state index contributed by atoms with van der Waals surface area (Å²) in [6, 6.07) is 0. The largest absolute Gasteiger partial charge is 0.464 e. The van der Waals surface area contributed by atoms with Gasteiger partial charge in [0.1, 0.15) is 11.5 Å². The van der Waals surface area contributed by atoms with E-state index < -0.39 is 0 Å². The topological polar surface area (TPSA) is 55.0 Å². The van der Waals surface area contributed by atoms with Crippen molar-refractivity contribution in [3.63, 3.8) is 0 Å². The van der Waals surface area contributed by atoms with Gasteiger partial charge in [-0.3, -0.25) is 0 Å². The van der Waals surface area contributed by atoms with Crippen LogP contribution in [-0.4, -0.2) is 28.8 Å². The van der Waals surface area contributed by atoms with Gasteiger partial charge in [-0.05, 0) is 18.6 Å². The van der Waals surface area contributed by atoms with E-state index in [1.807, 2.05) is 11.8 Å². The Kier molecular flexibility index (Phi) is 2.77. The van der Waals surface area contributed by atoms with Crippen molar-refractivity contribution in [1.29, 1.82) is 0 Å². The highest BCUT2D eigenvalue weighted by molar-refractivity contribution is 7.99. The number of nitrogens with one attached hydrogen (secondary N) is 1. The average molecular weight is 212 g/mol. The summed E-state index contributed by atoms with van der Waals surface area (Å²) in [5.41, 5.74) is 0.440. The Morgan fingerprint density at radius 3 is 3.29 bits per heavy atom. The first kappa shape index (κ1) is 9.58. The van der Waals surface area contributed by atoms with E-state index in [2.05, 4.69) is 14.7 Å². The van der Waals surface area contributed by atoms with Crippen molar-refractivity contribution in [3.05, 3.63) is 17.7 Å². The summed E-state index contributed by atoms with van der Waals surface area (Å²) in [5.74, 6) is 1.72. The molecule has 5 heteroatoms. The number of carbonyl (C=O) groups is 1. The summed E-state index contributed by atoms with van der Waals surface area (Å²) in [5, 5.41) is 0.424. The Hall–Kier alpha value is -0.970. The average Bonchev–Trinajstić information content (AvgIpc) is 2.86. The van der Waals surface area contributed by atoms with Crippen LogP contribution in [0, 0.1) is 0 Å². The quantitative estimate of drug-likeness (QED) is 0.759. The van der Waals surface area contributed by atoms with E-state index in [1.54, 1.807) is 6.20 Å². The van der Waals surface area contributed by atoms with Crippen molar-refractivity contribution in [2.24, 2.45) is 0 Å². The molecular formula is C9H12N2O2S. The van der Waals surface area contributed by atoms with E-state index in [4.69, 9.17) is 0 Å². The molecule has 0 bridgehead atoms. The number of methoxy groups -OCH3 is 1. The summed E-state index contributed by atoms with van der Waals surface area (Å²) in [6.45, 7) is 0. The fraction of sp³-hybridized carbons (Fsp3) is 0.556. The lowest BCUT2D eigenvalue weighted by Crippen LogP contribution is -2.01. The fourth-order valence-corrected chi connectivity index (χ4v) is 2.74. The Labute approximate surface area is 86.4 Å². The molecule has 2 heterocycles. The molecule has 1 N–H and O–H groups in total. The number of aromatic nitrogens is 2. The van der Waals surface area contributed by atoms with Crippen molar-refractivity contribution in [1.82, 2.24) is 9.97 Å². The number of ether oxygens (including phenoxy) is 1. The van der Waals surface area contributed by atoms with E-state index in [1.165, 1.54) is 19.3 Å². The van der Waals surface area contributed by atoms with Crippen molar-refractivity contribution < 1.29 is 9.53 Å². The van der Waals surface area contributed by atoms with Gasteiger partial charge in [-0.25, -0.2) is 9.78 Å². The van der Waals surface area contributed by atoms with Gasteiger partial charge in [0.15, 0.2) is 0 Å². The van der Waals surface area contributed by atoms with Gasteiger partial charge in [0.05, 0.1) is 18.6 Å². The smallest absolute Gasteiger partial charge is 0.356 e. The summed E-state index contributed by atoms with van der Waals surface area (Å²) in [4.78, 5) is 18.3. The Morgan fingerprint density at radius 2 is 2.64 bits per heavy atom. The van der Waals surface area contributed by atoms with Gasteiger partial charge in [0.25, 0.3) is 0 Å². The van der Waals surface area contributed by atoms with Crippen LogP contribution >= 0.6 is 11.8 Å². The minimum atomic E-state index is -0.355. The maximum Gasteiger partial charge on any atom is 0.356 e. The second-order valence-electron chi connectivity index (χ2n) is 3.18. The third-order valence-electron chi connectivity index (χ3n) is 2.24. The van der Waals surface area contributed by atoms with Crippen LogP contribution in [0.3, 0.4) is 0 Å². The first-order valence-electron chi connectivity index (χ1n) is 4.56. The van der Waals surface area contributed by atoms with E-state index >= 15 is 0 Å². The molecule has 1 saturated heterocycles. The van der Waals surface area contributed by atoms with Crippen LogP contribution in [0.4, 0.5) is 0 Å². The second kappa shape index (κ2) is 4.04. The lowest BCUT2D eigenvalue weighted by Gasteiger charge is -2.02. The van der Waals surface area contributed by atoms with Crippen molar-refractivity contribution in [2.75, 3.05) is 12.9 Å². The van der Waals surface area contributed by atoms with E-state index in [9.17, 15) is 4.79 Å². The summed E-state index contributed by atoms with van der Waals surface area (Å²) >= 11 is 1.88. The van der Waals surface area contributed by atoms with E-state index in [0.29, 0.717) is 10.9 Å². The Morgan fingerprint density at radius 1 is 1.79 bits per heavy atom. The zero-order valence-electron chi connectivity index (χ0n) is 7.95. The first-order valence-corrected chi connectivity index (χ1v) is 5.61. The van der Waals surface area contributed by atoms with Crippen LogP contribution in [0.2, 0.25) is 0 Å². The summed E-state index contributed by atoms with van der Waals surface area (Å²) < 4.78 is 4.60. The minimum absolute atomic E-state index is 0.355. The third-order valence-corrected chi connectivity index (χ3v) is 3.62. The van der Waals surface area contributed by atoms with E-state index in [-0.39, 0.29) is 5.97 Å². The van der Waals surface area contributed by atoms with Gasteiger partial charge in [0.2, 0.25) is 0 Å². The summed E-state index contributed by atoms with van der Waals surface area (Å²) in [6.07, 6.45) is 3.91. The molecule has 76 valence electrons. The zero-order chi connectivity index (χ0) is 9.97. The Balaban J connectivity index is 2.12. The second-order valence-corrected chi connectivity index (χ2v) is 4.49. The predicted molar refractivity (Wildman–Crippen MR) is 54.4 cm³/mol.